The van der Waals surface area contributed by atoms with Gasteiger partial charge in [-0.15, -0.1) is 0 Å². The molecule has 1 saturated heterocycles. The van der Waals surface area contributed by atoms with E-state index < -0.39 is 0 Å². The number of aromatic amines is 1. The van der Waals surface area contributed by atoms with Crippen LogP contribution in [-0.2, 0) is 4.74 Å². The van der Waals surface area contributed by atoms with E-state index in [1.807, 2.05) is 6.92 Å². The SMILES string of the molecule is CC(=O)c1nccc2[nH]c(C3CCC(C)O3)cc(=O)c12. The molecule has 5 heteroatoms. The van der Waals surface area contributed by atoms with Crippen molar-refractivity contribution in [3.63, 3.8) is 0 Å². The number of H-pyrrole nitrogens is 1. The molecule has 0 aromatic carbocycles. The van der Waals surface area contributed by atoms with Gasteiger partial charge in [-0.3, -0.25) is 14.6 Å². The van der Waals surface area contributed by atoms with Crippen LogP contribution in [0, 0.1) is 0 Å². The third-order valence-corrected chi connectivity index (χ3v) is 3.68. The zero-order chi connectivity index (χ0) is 14.3. The van der Waals surface area contributed by atoms with Crippen molar-refractivity contribution in [2.24, 2.45) is 0 Å². The Balaban J connectivity index is 2.16. The third kappa shape index (κ3) is 2.14. The lowest BCUT2D eigenvalue weighted by Crippen LogP contribution is -2.13. The number of hydrogen-bond acceptors (Lipinski definition) is 4. The first-order chi connectivity index (χ1) is 9.56. The van der Waals surface area contributed by atoms with Crippen molar-refractivity contribution in [3.8, 4) is 0 Å². The lowest BCUT2D eigenvalue weighted by Gasteiger charge is -2.12. The van der Waals surface area contributed by atoms with Gasteiger partial charge in [0, 0.05) is 24.9 Å². The molecule has 0 amide bonds. The first-order valence-electron chi connectivity index (χ1n) is 6.74. The van der Waals surface area contributed by atoms with Gasteiger partial charge in [0.15, 0.2) is 11.2 Å². The van der Waals surface area contributed by atoms with Crippen molar-refractivity contribution >= 4 is 16.7 Å². The number of carbonyl (C=O) groups excluding carboxylic acids is 1. The van der Waals surface area contributed by atoms with Crippen LogP contribution < -0.4 is 5.43 Å². The van der Waals surface area contributed by atoms with E-state index in [9.17, 15) is 9.59 Å². The van der Waals surface area contributed by atoms with E-state index >= 15 is 0 Å². The lowest BCUT2D eigenvalue weighted by atomic mass is 10.1. The largest absolute Gasteiger partial charge is 0.369 e. The molecule has 2 unspecified atom stereocenters. The molecule has 1 aliphatic heterocycles. The van der Waals surface area contributed by atoms with Gasteiger partial charge < -0.3 is 9.72 Å². The third-order valence-electron chi connectivity index (χ3n) is 3.68. The van der Waals surface area contributed by atoms with E-state index in [4.69, 9.17) is 4.74 Å². The maximum absolute atomic E-state index is 12.3. The fourth-order valence-electron chi connectivity index (χ4n) is 2.69. The standard InChI is InChI=1S/C15H16N2O3/c1-8-3-4-13(20-8)11-7-12(19)14-10(17-11)5-6-16-15(14)9(2)18/h5-8,13H,3-4H2,1-2H3,(H,17,19). The first kappa shape index (κ1) is 13.0. The van der Waals surface area contributed by atoms with E-state index in [0.29, 0.717) is 10.9 Å². The van der Waals surface area contributed by atoms with Crippen LogP contribution in [0.5, 0.6) is 0 Å². The molecule has 0 aliphatic carbocycles. The van der Waals surface area contributed by atoms with Gasteiger partial charge in [-0.25, -0.2) is 0 Å². The summed E-state index contributed by atoms with van der Waals surface area (Å²) in [4.78, 5) is 31.1. The van der Waals surface area contributed by atoms with E-state index in [2.05, 4.69) is 9.97 Å². The average Bonchev–Trinajstić information content (AvgIpc) is 2.84. The summed E-state index contributed by atoms with van der Waals surface area (Å²) < 4.78 is 5.78. The Hall–Kier alpha value is -2.01. The van der Waals surface area contributed by atoms with Crippen LogP contribution in [0.25, 0.3) is 10.9 Å². The van der Waals surface area contributed by atoms with Gasteiger partial charge in [0.1, 0.15) is 5.69 Å². The summed E-state index contributed by atoms with van der Waals surface area (Å²) in [5.74, 6) is -0.209. The number of rotatable bonds is 2. The summed E-state index contributed by atoms with van der Waals surface area (Å²) >= 11 is 0. The van der Waals surface area contributed by atoms with Crippen molar-refractivity contribution in [3.05, 3.63) is 39.9 Å². The molecular weight excluding hydrogens is 256 g/mol. The minimum Gasteiger partial charge on any atom is -0.369 e. The molecule has 0 saturated carbocycles. The van der Waals surface area contributed by atoms with E-state index in [1.165, 1.54) is 19.2 Å². The highest BCUT2D eigenvalue weighted by molar-refractivity contribution is 6.04. The van der Waals surface area contributed by atoms with Gasteiger partial charge in [0.2, 0.25) is 0 Å². The number of carbonyl (C=O) groups is 1. The second-order valence-electron chi connectivity index (χ2n) is 5.24. The fraction of sp³-hybridized carbons (Fsp3) is 0.400. The molecule has 1 aliphatic rings. The van der Waals surface area contributed by atoms with Gasteiger partial charge in [0.25, 0.3) is 0 Å². The number of nitrogens with zero attached hydrogens (tertiary/aromatic N) is 1. The molecule has 2 aromatic heterocycles. The van der Waals surface area contributed by atoms with E-state index in [-0.39, 0.29) is 29.1 Å². The summed E-state index contributed by atoms with van der Waals surface area (Å²) in [7, 11) is 0. The fourth-order valence-corrected chi connectivity index (χ4v) is 2.69. The Labute approximate surface area is 116 Å². The van der Waals surface area contributed by atoms with E-state index in [1.54, 1.807) is 6.07 Å². The zero-order valence-corrected chi connectivity index (χ0v) is 11.5. The summed E-state index contributed by atoms with van der Waals surface area (Å²) in [5, 5.41) is 0.356. The molecule has 0 spiro atoms. The highest BCUT2D eigenvalue weighted by Gasteiger charge is 2.25. The van der Waals surface area contributed by atoms with Crippen LogP contribution in [0.15, 0.2) is 23.1 Å². The summed E-state index contributed by atoms with van der Waals surface area (Å²) in [6.07, 6.45) is 3.56. The van der Waals surface area contributed by atoms with E-state index in [0.717, 1.165) is 18.5 Å². The number of Topliss-reactive ketones (excluding diaryl/α,β-unsaturated/α-hetero) is 1. The molecule has 3 heterocycles. The van der Waals surface area contributed by atoms with Crippen LogP contribution in [-0.4, -0.2) is 21.9 Å². The van der Waals surface area contributed by atoms with Crippen molar-refractivity contribution in [2.75, 3.05) is 0 Å². The molecule has 1 N–H and O–H groups in total. The number of ketones is 1. The molecule has 20 heavy (non-hydrogen) atoms. The molecular formula is C15H16N2O3. The first-order valence-corrected chi connectivity index (χ1v) is 6.74. The molecule has 1 fully saturated rings. The van der Waals surface area contributed by atoms with Gasteiger partial charge in [-0.1, -0.05) is 0 Å². The van der Waals surface area contributed by atoms with Crippen molar-refractivity contribution in [1.29, 1.82) is 0 Å². The predicted octanol–water partition coefficient (Wildman–Crippen LogP) is 2.37. The second kappa shape index (κ2) is 4.83. The van der Waals surface area contributed by atoms with Crippen LogP contribution in [0.3, 0.4) is 0 Å². The highest BCUT2D eigenvalue weighted by Crippen LogP contribution is 2.31. The number of pyridine rings is 2. The Morgan fingerprint density at radius 2 is 2.25 bits per heavy atom. The number of aromatic nitrogens is 2. The topological polar surface area (TPSA) is 72.1 Å². The van der Waals surface area contributed by atoms with Crippen LogP contribution in [0.1, 0.15) is 49.0 Å². The Kier molecular flexibility index (Phi) is 3.14. The molecule has 2 aromatic rings. The van der Waals surface area contributed by atoms with Crippen molar-refractivity contribution in [2.45, 2.75) is 38.9 Å². The number of nitrogens with one attached hydrogen (secondary N) is 1. The molecule has 5 nitrogen and oxygen atoms in total. The quantitative estimate of drug-likeness (QED) is 0.852. The van der Waals surface area contributed by atoms with Gasteiger partial charge in [-0.05, 0) is 25.8 Å². The Bertz CT molecular complexity index is 735. The number of hydrogen-bond donors (Lipinski definition) is 1. The van der Waals surface area contributed by atoms with Crippen LogP contribution >= 0.6 is 0 Å². The minimum absolute atomic E-state index is 0.0731. The maximum atomic E-state index is 12.3. The van der Waals surface area contributed by atoms with Crippen molar-refractivity contribution in [1.82, 2.24) is 9.97 Å². The van der Waals surface area contributed by atoms with Gasteiger partial charge >= 0.3 is 0 Å². The maximum Gasteiger partial charge on any atom is 0.192 e. The highest BCUT2D eigenvalue weighted by atomic mass is 16.5. The zero-order valence-electron chi connectivity index (χ0n) is 11.5. The molecule has 3 rings (SSSR count). The van der Waals surface area contributed by atoms with Crippen molar-refractivity contribution < 1.29 is 9.53 Å². The van der Waals surface area contributed by atoms with Gasteiger partial charge in [0.05, 0.1) is 23.1 Å². The minimum atomic E-state index is -0.209. The monoisotopic (exact) mass is 272 g/mol. The summed E-state index contributed by atoms with van der Waals surface area (Å²) in [5.41, 5.74) is 1.44. The smallest absolute Gasteiger partial charge is 0.192 e. The van der Waals surface area contributed by atoms with Crippen LogP contribution in [0.2, 0.25) is 0 Å². The normalized spacial score (nSPS) is 22.3. The predicted molar refractivity (Wildman–Crippen MR) is 74.9 cm³/mol. The van der Waals surface area contributed by atoms with Gasteiger partial charge in [-0.2, -0.15) is 0 Å². The molecule has 0 radical (unpaired) electrons. The van der Waals surface area contributed by atoms with Crippen LogP contribution in [0.4, 0.5) is 0 Å². The number of fused-ring (bicyclic) bond motifs is 1. The summed E-state index contributed by atoms with van der Waals surface area (Å²) in [6.45, 7) is 3.44. The lowest BCUT2D eigenvalue weighted by molar-refractivity contribution is 0.0532. The second-order valence-corrected chi connectivity index (χ2v) is 5.24. The number of ether oxygens (including phenoxy) is 1. The molecule has 2 atom stereocenters. The molecule has 104 valence electrons. The summed E-state index contributed by atoms with van der Waals surface area (Å²) in [6, 6.07) is 3.24. The Morgan fingerprint density at radius 1 is 1.45 bits per heavy atom. The molecule has 0 bridgehead atoms. The average molecular weight is 272 g/mol. The Morgan fingerprint density at radius 3 is 2.90 bits per heavy atom.